The Bertz CT molecular complexity index is 624. The van der Waals surface area contributed by atoms with E-state index in [1.165, 1.54) is 11.2 Å². The first kappa shape index (κ1) is 14.5. The van der Waals surface area contributed by atoms with Crippen LogP contribution in [0, 0.1) is 0 Å². The van der Waals surface area contributed by atoms with E-state index < -0.39 is 0 Å². The molecule has 2 N–H and O–H groups in total. The second kappa shape index (κ2) is 6.51. The van der Waals surface area contributed by atoms with Crippen LogP contribution in [0.25, 0.3) is 0 Å². The van der Waals surface area contributed by atoms with Crippen molar-refractivity contribution in [2.45, 2.75) is 0 Å². The zero-order valence-corrected chi connectivity index (χ0v) is 11.7. The number of amides is 2. The molecule has 0 unspecified atom stereocenters. The lowest BCUT2D eigenvalue weighted by Gasteiger charge is -2.11. The number of hydrogen-bond donors (Lipinski definition) is 2. The summed E-state index contributed by atoms with van der Waals surface area (Å²) in [6.45, 7) is -0.0832. The summed E-state index contributed by atoms with van der Waals surface area (Å²) in [4.78, 5) is 28.7. The Balaban J connectivity index is 2.00. The van der Waals surface area contributed by atoms with Crippen LogP contribution in [0.4, 0.5) is 5.95 Å². The van der Waals surface area contributed by atoms with Gasteiger partial charge >= 0.3 is 0 Å². The van der Waals surface area contributed by atoms with Crippen molar-refractivity contribution >= 4 is 17.8 Å². The van der Waals surface area contributed by atoms with Crippen LogP contribution in [-0.4, -0.2) is 52.6 Å². The van der Waals surface area contributed by atoms with Crippen molar-refractivity contribution in [1.29, 1.82) is 0 Å². The zero-order valence-electron chi connectivity index (χ0n) is 11.7. The van der Waals surface area contributed by atoms with Crippen molar-refractivity contribution in [2.75, 3.05) is 26.0 Å². The van der Waals surface area contributed by atoms with Gasteiger partial charge in [0.2, 0.25) is 5.95 Å². The fourth-order valence-electron chi connectivity index (χ4n) is 1.45. The van der Waals surface area contributed by atoms with Gasteiger partial charge < -0.3 is 9.64 Å². The number of carbonyl (C=O) groups is 2. The number of likely N-dealkylation sites (N-methyl/N-ethyl adjacent to an activating group) is 1. The van der Waals surface area contributed by atoms with Gasteiger partial charge in [0.15, 0.2) is 6.61 Å². The first-order valence-corrected chi connectivity index (χ1v) is 6.16. The maximum absolute atomic E-state index is 12.0. The number of nitrogens with zero attached hydrogens (tertiary/aromatic N) is 3. The van der Waals surface area contributed by atoms with Gasteiger partial charge in [-0.1, -0.05) is 6.07 Å². The second-order valence-electron chi connectivity index (χ2n) is 4.39. The molecule has 2 aromatic rings. The first-order chi connectivity index (χ1) is 10.1. The van der Waals surface area contributed by atoms with E-state index in [4.69, 9.17) is 4.74 Å². The molecule has 2 amide bonds. The molecule has 0 bridgehead atoms. The molecule has 0 aliphatic rings. The molecular formula is C13H15N5O3. The molecule has 0 aliphatic carbocycles. The number of anilines is 1. The quantitative estimate of drug-likeness (QED) is 0.836. The second-order valence-corrected chi connectivity index (χ2v) is 4.39. The number of H-pyrrole nitrogens is 1. The van der Waals surface area contributed by atoms with Crippen LogP contribution < -0.4 is 10.1 Å². The summed E-state index contributed by atoms with van der Waals surface area (Å²) in [6, 6.07) is 6.53. The molecule has 0 fully saturated rings. The first-order valence-electron chi connectivity index (χ1n) is 6.16. The van der Waals surface area contributed by atoms with E-state index in [1.54, 1.807) is 38.4 Å². The summed E-state index contributed by atoms with van der Waals surface area (Å²) in [5.41, 5.74) is 0.390. The summed E-state index contributed by atoms with van der Waals surface area (Å²) in [5.74, 6) is 0.187. The van der Waals surface area contributed by atoms with Gasteiger partial charge in [-0.05, 0) is 18.2 Å². The Kier molecular flexibility index (Phi) is 4.50. The van der Waals surface area contributed by atoms with Crippen molar-refractivity contribution in [3.05, 3.63) is 36.2 Å². The Morgan fingerprint density at radius 1 is 1.38 bits per heavy atom. The highest BCUT2D eigenvalue weighted by Crippen LogP contribution is 2.14. The monoisotopic (exact) mass is 289 g/mol. The van der Waals surface area contributed by atoms with E-state index in [1.807, 2.05) is 0 Å². The Morgan fingerprint density at radius 2 is 2.19 bits per heavy atom. The van der Waals surface area contributed by atoms with Crippen molar-refractivity contribution < 1.29 is 14.3 Å². The van der Waals surface area contributed by atoms with E-state index in [0.717, 1.165) is 0 Å². The van der Waals surface area contributed by atoms with Crippen LogP contribution in [-0.2, 0) is 4.79 Å². The maximum atomic E-state index is 12.0. The number of hydrogen-bond acceptors (Lipinski definition) is 5. The average Bonchev–Trinajstić information content (AvgIpc) is 2.97. The summed E-state index contributed by atoms with van der Waals surface area (Å²) in [7, 11) is 3.29. The minimum absolute atomic E-state index is 0.0832. The van der Waals surface area contributed by atoms with Crippen LogP contribution in [0.2, 0.25) is 0 Å². The van der Waals surface area contributed by atoms with Gasteiger partial charge in [0.25, 0.3) is 11.8 Å². The third kappa shape index (κ3) is 4.03. The molecule has 8 nitrogen and oxygen atoms in total. The molecule has 0 radical (unpaired) electrons. The molecule has 1 aromatic heterocycles. The van der Waals surface area contributed by atoms with Gasteiger partial charge in [0.1, 0.15) is 12.1 Å². The van der Waals surface area contributed by atoms with Crippen LogP contribution in [0.15, 0.2) is 30.6 Å². The van der Waals surface area contributed by atoms with Crippen molar-refractivity contribution in [3.63, 3.8) is 0 Å². The van der Waals surface area contributed by atoms with Crippen LogP contribution >= 0.6 is 0 Å². The molecule has 21 heavy (non-hydrogen) atoms. The van der Waals surface area contributed by atoms with E-state index in [0.29, 0.717) is 11.3 Å². The van der Waals surface area contributed by atoms with Crippen LogP contribution in [0.3, 0.4) is 0 Å². The minimum Gasteiger partial charge on any atom is -0.484 e. The van der Waals surface area contributed by atoms with E-state index in [-0.39, 0.29) is 24.4 Å². The predicted molar refractivity (Wildman–Crippen MR) is 75.0 cm³/mol. The molecule has 0 aliphatic heterocycles. The largest absolute Gasteiger partial charge is 0.484 e. The molecule has 0 saturated heterocycles. The number of ether oxygens (including phenoxy) is 1. The SMILES string of the molecule is CN(C)C(=O)COc1cccc(C(=O)Nc2ncn[nH]2)c1. The fraction of sp³-hybridized carbons (Fsp3) is 0.231. The van der Waals surface area contributed by atoms with E-state index in [9.17, 15) is 9.59 Å². The fourth-order valence-corrected chi connectivity index (χ4v) is 1.45. The standard InChI is InChI=1S/C13H15N5O3/c1-18(2)11(19)7-21-10-5-3-4-9(6-10)12(20)16-13-14-8-15-17-13/h3-6,8H,7H2,1-2H3,(H2,14,15,16,17,20). The Morgan fingerprint density at radius 3 is 2.86 bits per heavy atom. The number of nitrogens with one attached hydrogen (secondary N) is 2. The number of aromatic amines is 1. The number of rotatable bonds is 5. The minimum atomic E-state index is -0.351. The summed E-state index contributed by atoms with van der Waals surface area (Å²) in [5, 5.41) is 8.71. The average molecular weight is 289 g/mol. The van der Waals surface area contributed by atoms with Crippen molar-refractivity contribution in [3.8, 4) is 5.75 Å². The zero-order chi connectivity index (χ0) is 15.2. The van der Waals surface area contributed by atoms with E-state index in [2.05, 4.69) is 20.5 Å². The van der Waals surface area contributed by atoms with Gasteiger partial charge in [-0.15, -0.1) is 0 Å². The summed E-state index contributed by atoms with van der Waals surface area (Å²) >= 11 is 0. The molecule has 0 saturated carbocycles. The van der Waals surface area contributed by atoms with Crippen LogP contribution in [0.5, 0.6) is 5.75 Å². The molecule has 2 rings (SSSR count). The third-order valence-corrected chi connectivity index (χ3v) is 2.60. The molecular weight excluding hydrogens is 274 g/mol. The molecule has 110 valence electrons. The van der Waals surface area contributed by atoms with E-state index >= 15 is 0 Å². The highest BCUT2D eigenvalue weighted by Gasteiger charge is 2.10. The number of carbonyl (C=O) groups excluding carboxylic acids is 2. The van der Waals surface area contributed by atoms with Gasteiger partial charge in [-0.2, -0.15) is 10.1 Å². The van der Waals surface area contributed by atoms with Crippen molar-refractivity contribution in [2.24, 2.45) is 0 Å². The predicted octanol–water partition coefficient (Wildman–Crippen LogP) is 0.524. The summed E-state index contributed by atoms with van der Waals surface area (Å²) in [6.07, 6.45) is 1.29. The molecule has 8 heteroatoms. The number of benzene rings is 1. The maximum Gasteiger partial charge on any atom is 0.259 e. The molecule has 0 atom stereocenters. The van der Waals surface area contributed by atoms with Gasteiger partial charge in [-0.25, -0.2) is 5.10 Å². The molecule has 1 heterocycles. The van der Waals surface area contributed by atoms with Gasteiger partial charge in [0, 0.05) is 19.7 Å². The lowest BCUT2D eigenvalue weighted by atomic mass is 10.2. The smallest absolute Gasteiger partial charge is 0.259 e. The van der Waals surface area contributed by atoms with Crippen LogP contribution in [0.1, 0.15) is 10.4 Å². The Labute approximate surface area is 121 Å². The normalized spacial score (nSPS) is 10.0. The summed E-state index contributed by atoms with van der Waals surface area (Å²) < 4.78 is 5.35. The van der Waals surface area contributed by atoms with Gasteiger partial charge in [-0.3, -0.25) is 14.9 Å². The highest BCUT2D eigenvalue weighted by molar-refractivity contribution is 6.03. The lowest BCUT2D eigenvalue weighted by Crippen LogP contribution is -2.27. The molecule has 1 aromatic carbocycles. The third-order valence-electron chi connectivity index (χ3n) is 2.60. The van der Waals surface area contributed by atoms with Crippen molar-refractivity contribution in [1.82, 2.24) is 20.1 Å². The number of aromatic nitrogens is 3. The molecule has 0 spiro atoms. The lowest BCUT2D eigenvalue weighted by molar-refractivity contribution is -0.130. The Hall–Kier alpha value is -2.90. The highest BCUT2D eigenvalue weighted by atomic mass is 16.5. The van der Waals surface area contributed by atoms with Gasteiger partial charge in [0.05, 0.1) is 0 Å². The topological polar surface area (TPSA) is 100 Å².